The number of aromatic nitrogens is 3. The zero-order valence-electron chi connectivity index (χ0n) is 35.4. The van der Waals surface area contributed by atoms with E-state index in [-0.39, 0.29) is 0 Å². The Morgan fingerprint density at radius 3 is 1.23 bits per heavy atom. The van der Waals surface area contributed by atoms with Crippen molar-refractivity contribution >= 4 is 10.8 Å². The summed E-state index contributed by atoms with van der Waals surface area (Å²) in [6.45, 7) is 0. The van der Waals surface area contributed by atoms with E-state index in [0.29, 0.717) is 17.5 Å². The van der Waals surface area contributed by atoms with Gasteiger partial charge in [-0.25, -0.2) is 15.0 Å². The second kappa shape index (κ2) is 14.8. The Hall–Kier alpha value is -8.53. The van der Waals surface area contributed by atoms with Crippen molar-refractivity contribution in [1.82, 2.24) is 15.0 Å². The predicted octanol–water partition coefficient (Wildman–Crippen LogP) is 15.4. The molecule has 11 aromatic rings. The molecule has 0 atom stereocenters. The maximum Gasteiger partial charge on any atom is 0.164 e. The average Bonchev–Trinajstić information content (AvgIpc) is 3.87. The van der Waals surface area contributed by atoms with Crippen LogP contribution in [-0.2, 0) is 5.41 Å². The summed E-state index contributed by atoms with van der Waals surface area (Å²) in [6, 6.07) is 85.2. The molecule has 0 aliphatic heterocycles. The second-order valence-electron chi connectivity index (χ2n) is 17.1. The molecule has 3 heteroatoms. The van der Waals surface area contributed by atoms with E-state index in [0.717, 1.165) is 44.5 Å². The molecule has 65 heavy (non-hydrogen) atoms. The second-order valence-corrected chi connectivity index (χ2v) is 17.1. The molecule has 0 radical (unpaired) electrons. The highest BCUT2D eigenvalue weighted by Crippen LogP contribution is 2.65. The maximum atomic E-state index is 5.27. The Bertz CT molecular complexity index is 3530. The van der Waals surface area contributed by atoms with Crippen LogP contribution in [0.2, 0.25) is 0 Å². The molecule has 1 aromatic heterocycles. The lowest BCUT2D eigenvalue weighted by Crippen LogP contribution is -2.26. The van der Waals surface area contributed by atoms with Crippen LogP contribution in [0.3, 0.4) is 0 Å². The summed E-state index contributed by atoms with van der Waals surface area (Å²) in [6.07, 6.45) is 0. The molecule has 1 heterocycles. The van der Waals surface area contributed by atoms with Gasteiger partial charge in [0, 0.05) is 16.7 Å². The third-order valence-corrected chi connectivity index (χ3v) is 13.5. The minimum Gasteiger partial charge on any atom is -0.208 e. The van der Waals surface area contributed by atoms with Crippen LogP contribution in [-0.4, -0.2) is 15.0 Å². The smallest absolute Gasteiger partial charge is 0.164 e. The van der Waals surface area contributed by atoms with Gasteiger partial charge < -0.3 is 0 Å². The van der Waals surface area contributed by atoms with Gasteiger partial charge in [0.2, 0.25) is 0 Å². The van der Waals surface area contributed by atoms with Gasteiger partial charge >= 0.3 is 0 Å². The molecule has 10 aromatic carbocycles. The normalized spacial score (nSPS) is 12.7. The van der Waals surface area contributed by atoms with Gasteiger partial charge in [0.05, 0.1) is 5.41 Å². The molecule has 2 aliphatic carbocycles. The first-order valence-electron chi connectivity index (χ1n) is 22.3. The fraction of sp³-hybridized carbons (Fsp3) is 0.0161. The quantitative estimate of drug-likeness (QED) is 0.168. The molecular formula is C62H39N3. The molecule has 0 saturated carbocycles. The summed E-state index contributed by atoms with van der Waals surface area (Å²) < 4.78 is 0. The van der Waals surface area contributed by atoms with E-state index in [1.807, 2.05) is 18.2 Å². The first kappa shape index (κ1) is 37.1. The van der Waals surface area contributed by atoms with Crippen molar-refractivity contribution < 1.29 is 0 Å². The average molecular weight is 826 g/mol. The van der Waals surface area contributed by atoms with Crippen LogP contribution < -0.4 is 0 Å². The number of hydrogen-bond acceptors (Lipinski definition) is 3. The summed E-state index contributed by atoms with van der Waals surface area (Å²) in [5.74, 6) is 1.88. The minimum atomic E-state index is -0.456. The largest absolute Gasteiger partial charge is 0.208 e. The molecule has 0 fully saturated rings. The fourth-order valence-corrected chi connectivity index (χ4v) is 10.7. The van der Waals surface area contributed by atoms with Gasteiger partial charge in [-0.2, -0.15) is 0 Å². The van der Waals surface area contributed by atoms with Gasteiger partial charge in [-0.3, -0.25) is 0 Å². The topological polar surface area (TPSA) is 38.7 Å². The van der Waals surface area contributed by atoms with Crippen LogP contribution in [0.4, 0.5) is 0 Å². The Balaban J connectivity index is 0.996. The highest BCUT2D eigenvalue weighted by atomic mass is 15.0. The van der Waals surface area contributed by atoms with E-state index in [2.05, 4.69) is 218 Å². The standard InChI is InChI=1S/C62H39N3/c1-4-18-40(19-5-1)46-36-47(41-20-6-2-7-21-41)38-48(37-46)61-64-59(43-22-8-3-9-23-43)63-60(65-61)44-34-32-42(33-35-44)53-39-45-24-10-11-25-49(45)58-57(53)52-28-14-17-31-56(52)62(58)54-29-15-12-26-50(54)51-27-13-16-30-55(51)62/h1-39H. The Morgan fingerprint density at radius 2 is 0.662 bits per heavy atom. The minimum absolute atomic E-state index is 0.456. The summed E-state index contributed by atoms with van der Waals surface area (Å²) in [5.41, 5.74) is 19.7. The monoisotopic (exact) mass is 825 g/mol. The van der Waals surface area contributed by atoms with Gasteiger partial charge in [0.15, 0.2) is 17.5 Å². The van der Waals surface area contributed by atoms with Crippen molar-refractivity contribution in [2.75, 3.05) is 0 Å². The van der Waals surface area contributed by atoms with Gasteiger partial charge in [-0.15, -0.1) is 0 Å². The summed E-state index contributed by atoms with van der Waals surface area (Å²) in [5, 5.41) is 2.50. The van der Waals surface area contributed by atoms with Crippen LogP contribution in [0.15, 0.2) is 237 Å². The predicted molar refractivity (Wildman–Crippen MR) is 266 cm³/mol. The lowest BCUT2D eigenvalue weighted by Gasteiger charge is -2.31. The summed E-state index contributed by atoms with van der Waals surface area (Å²) >= 11 is 0. The van der Waals surface area contributed by atoms with E-state index in [9.17, 15) is 0 Å². The Labute approximate surface area is 378 Å². The van der Waals surface area contributed by atoms with Crippen LogP contribution in [0.5, 0.6) is 0 Å². The van der Waals surface area contributed by atoms with Gasteiger partial charge in [-0.05, 0) is 113 Å². The lowest BCUT2D eigenvalue weighted by atomic mass is 9.69. The third-order valence-electron chi connectivity index (χ3n) is 13.5. The number of fused-ring (bicyclic) bond motifs is 12. The molecule has 13 rings (SSSR count). The molecule has 0 N–H and O–H groups in total. The molecule has 302 valence electrons. The Morgan fingerprint density at radius 1 is 0.262 bits per heavy atom. The summed E-state index contributed by atoms with van der Waals surface area (Å²) in [4.78, 5) is 15.6. The van der Waals surface area contributed by atoms with E-state index >= 15 is 0 Å². The van der Waals surface area contributed by atoms with Gasteiger partial charge in [0.1, 0.15) is 0 Å². The van der Waals surface area contributed by atoms with E-state index in [1.54, 1.807) is 0 Å². The van der Waals surface area contributed by atoms with Gasteiger partial charge in [0.25, 0.3) is 0 Å². The van der Waals surface area contributed by atoms with E-state index < -0.39 is 5.41 Å². The Kier molecular flexibility index (Phi) is 8.44. The molecule has 0 amide bonds. The molecule has 2 aliphatic rings. The molecular weight excluding hydrogens is 787 g/mol. The fourth-order valence-electron chi connectivity index (χ4n) is 10.7. The van der Waals surface area contributed by atoms with Crippen molar-refractivity contribution in [2.45, 2.75) is 5.41 Å². The SMILES string of the molecule is c1ccc(-c2cc(-c3ccccc3)cc(-c3nc(-c4ccccc4)nc(-c4ccc(-c5cc6ccccc6c6c5-c5ccccc5C65c6ccccc6-c6ccccc65)cc4)n3)c2)cc1. The van der Waals surface area contributed by atoms with Crippen molar-refractivity contribution in [2.24, 2.45) is 0 Å². The van der Waals surface area contributed by atoms with Crippen LogP contribution >= 0.6 is 0 Å². The van der Waals surface area contributed by atoms with Crippen molar-refractivity contribution in [3.8, 4) is 89.8 Å². The van der Waals surface area contributed by atoms with Crippen molar-refractivity contribution in [3.05, 3.63) is 259 Å². The number of rotatable bonds is 6. The van der Waals surface area contributed by atoms with Gasteiger partial charge in [-0.1, -0.05) is 212 Å². The molecule has 0 bridgehead atoms. The van der Waals surface area contributed by atoms with Crippen LogP contribution in [0.25, 0.3) is 101 Å². The highest BCUT2D eigenvalue weighted by molar-refractivity contribution is 6.09. The zero-order chi connectivity index (χ0) is 42.9. The first-order chi connectivity index (χ1) is 32.2. The third kappa shape index (κ3) is 5.79. The zero-order valence-corrected chi connectivity index (χ0v) is 35.4. The molecule has 0 saturated heterocycles. The van der Waals surface area contributed by atoms with Crippen LogP contribution in [0.1, 0.15) is 22.3 Å². The molecule has 0 unspecified atom stereocenters. The lowest BCUT2D eigenvalue weighted by molar-refractivity contribution is 0.801. The van der Waals surface area contributed by atoms with E-state index in [4.69, 9.17) is 15.0 Å². The summed E-state index contributed by atoms with van der Waals surface area (Å²) in [7, 11) is 0. The number of nitrogens with zero attached hydrogens (tertiary/aromatic N) is 3. The molecule has 3 nitrogen and oxygen atoms in total. The maximum absolute atomic E-state index is 5.27. The highest BCUT2D eigenvalue weighted by Gasteiger charge is 2.53. The van der Waals surface area contributed by atoms with Crippen molar-refractivity contribution in [1.29, 1.82) is 0 Å². The number of hydrogen-bond donors (Lipinski definition) is 0. The van der Waals surface area contributed by atoms with Crippen molar-refractivity contribution in [3.63, 3.8) is 0 Å². The van der Waals surface area contributed by atoms with E-state index in [1.165, 1.54) is 60.8 Å². The van der Waals surface area contributed by atoms with Crippen LogP contribution in [0, 0.1) is 0 Å². The molecule has 1 spiro atoms. The first-order valence-corrected chi connectivity index (χ1v) is 22.3. The number of benzene rings is 10.